The number of thioether (sulfide) groups is 1. The zero-order valence-corrected chi connectivity index (χ0v) is 16.4. The second-order valence-electron chi connectivity index (χ2n) is 6.08. The molecular formula is C17H25N3O2S2. The van der Waals surface area contributed by atoms with Crippen LogP contribution in [0.2, 0.25) is 0 Å². The predicted molar refractivity (Wildman–Crippen MR) is 101 cm³/mol. The molecule has 2 rings (SSSR count). The van der Waals surface area contributed by atoms with E-state index in [2.05, 4.69) is 23.1 Å². The average molecular weight is 368 g/mol. The maximum Gasteiger partial charge on any atom is 0.242 e. The fourth-order valence-corrected chi connectivity index (χ4v) is 4.10. The summed E-state index contributed by atoms with van der Waals surface area (Å²) in [5.41, 5.74) is 2.79. The van der Waals surface area contributed by atoms with Gasteiger partial charge in [-0.2, -0.15) is 0 Å². The lowest BCUT2D eigenvalue weighted by molar-refractivity contribution is 0.521. The third-order valence-electron chi connectivity index (χ3n) is 3.65. The van der Waals surface area contributed by atoms with E-state index < -0.39 is 10.0 Å². The summed E-state index contributed by atoms with van der Waals surface area (Å²) in [6.45, 7) is 8.97. The molecule has 0 fully saturated rings. The lowest BCUT2D eigenvalue weighted by atomic mass is 10.3. The molecule has 7 heteroatoms. The average Bonchev–Trinajstić information content (AvgIpc) is 2.87. The number of unbranched alkanes of at least 4 members (excludes halogenated alkanes) is 1. The molecule has 24 heavy (non-hydrogen) atoms. The molecule has 0 unspecified atom stereocenters. The normalized spacial score (nSPS) is 12.2. The van der Waals surface area contributed by atoms with Crippen molar-refractivity contribution in [3.63, 3.8) is 0 Å². The summed E-state index contributed by atoms with van der Waals surface area (Å²) in [7, 11) is -0.381. The molecule has 0 N–H and O–H groups in total. The highest BCUT2D eigenvalue weighted by Gasteiger charge is 2.19. The van der Waals surface area contributed by atoms with Gasteiger partial charge in [0.1, 0.15) is 0 Å². The molecule has 5 nitrogen and oxygen atoms in total. The van der Waals surface area contributed by atoms with Gasteiger partial charge in [-0.15, -0.1) is 0 Å². The van der Waals surface area contributed by atoms with Gasteiger partial charge in [0, 0.05) is 26.4 Å². The monoisotopic (exact) mass is 367 g/mol. The first-order valence-corrected chi connectivity index (χ1v) is 10.4. The van der Waals surface area contributed by atoms with Gasteiger partial charge in [-0.05, 0) is 31.5 Å². The van der Waals surface area contributed by atoms with Crippen LogP contribution >= 0.6 is 11.8 Å². The number of aryl methyl sites for hydroxylation is 1. The molecule has 0 saturated heterocycles. The van der Waals surface area contributed by atoms with E-state index in [1.54, 1.807) is 23.9 Å². The van der Waals surface area contributed by atoms with E-state index in [-0.39, 0.29) is 4.90 Å². The predicted octanol–water partition coefficient (Wildman–Crippen LogP) is 3.75. The van der Waals surface area contributed by atoms with Crippen molar-refractivity contribution in [1.82, 2.24) is 13.9 Å². The minimum absolute atomic E-state index is 0.275. The molecule has 0 amide bonds. The van der Waals surface area contributed by atoms with Crippen LogP contribution in [0.3, 0.4) is 0 Å². The van der Waals surface area contributed by atoms with E-state index in [9.17, 15) is 8.42 Å². The van der Waals surface area contributed by atoms with Gasteiger partial charge < -0.3 is 4.57 Å². The van der Waals surface area contributed by atoms with Gasteiger partial charge in [0.2, 0.25) is 10.0 Å². The van der Waals surface area contributed by atoms with Crippen LogP contribution in [0.25, 0.3) is 11.0 Å². The van der Waals surface area contributed by atoms with Crippen molar-refractivity contribution in [2.75, 3.05) is 19.8 Å². The molecule has 0 bridgehead atoms. The highest BCUT2D eigenvalue weighted by molar-refractivity contribution is 7.99. The van der Waals surface area contributed by atoms with Gasteiger partial charge in [-0.1, -0.05) is 37.3 Å². The summed E-state index contributed by atoms with van der Waals surface area (Å²) in [5.74, 6) is 0.804. The van der Waals surface area contributed by atoms with E-state index in [4.69, 9.17) is 0 Å². The zero-order valence-electron chi connectivity index (χ0n) is 14.7. The van der Waals surface area contributed by atoms with Crippen molar-refractivity contribution in [3.05, 3.63) is 30.4 Å². The maximum atomic E-state index is 12.3. The molecule has 0 radical (unpaired) electrons. The first-order chi connectivity index (χ1) is 11.3. The molecule has 0 saturated carbocycles. The van der Waals surface area contributed by atoms with Crippen molar-refractivity contribution in [2.24, 2.45) is 0 Å². The third kappa shape index (κ3) is 4.02. The van der Waals surface area contributed by atoms with Crippen molar-refractivity contribution < 1.29 is 8.42 Å². The molecule has 1 aromatic heterocycles. The van der Waals surface area contributed by atoms with Crippen molar-refractivity contribution in [1.29, 1.82) is 0 Å². The standard InChI is InChI=1S/C17H25N3O2S2/c1-6-7-10-20-16-9-8-14(24(21,22)19(4)5)11-15(16)18-17(20)23-12-13(2)3/h8-9,11H,2,6-7,10,12H2,1,3-5H3. The Morgan fingerprint density at radius 2 is 2.08 bits per heavy atom. The maximum absolute atomic E-state index is 12.3. The topological polar surface area (TPSA) is 55.2 Å². The first-order valence-electron chi connectivity index (χ1n) is 7.97. The lowest BCUT2D eigenvalue weighted by Crippen LogP contribution is -2.22. The Balaban J connectivity index is 2.51. The number of sulfonamides is 1. The number of aromatic nitrogens is 2. The highest BCUT2D eigenvalue weighted by atomic mass is 32.2. The Kier molecular flexibility index (Phi) is 6.11. The van der Waals surface area contributed by atoms with Gasteiger partial charge in [0.05, 0.1) is 15.9 Å². The smallest absolute Gasteiger partial charge is 0.242 e. The van der Waals surface area contributed by atoms with Crippen molar-refractivity contribution in [2.45, 2.75) is 43.3 Å². The molecule has 1 aromatic carbocycles. The number of imidazole rings is 1. The Bertz CT molecular complexity index is 839. The number of rotatable bonds is 8. The van der Waals surface area contributed by atoms with Crippen LogP contribution in [0.15, 0.2) is 40.4 Å². The molecule has 0 aliphatic heterocycles. The third-order valence-corrected chi connectivity index (χ3v) is 6.66. The number of hydrogen-bond donors (Lipinski definition) is 0. The van der Waals surface area contributed by atoms with Gasteiger partial charge in [-0.25, -0.2) is 17.7 Å². The summed E-state index contributed by atoms with van der Waals surface area (Å²) < 4.78 is 28.1. The molecule has 0 aliphatic rings. The van der Waals surface area contributed by atoms with E-state index in [1.165, 1.54) is 18.4 Å². The van der Waals surface area contributed by atoms with Crippen LogP contribution in [0, 0.1) is 0 Å². The Morgan fingerprint density at radius 3 is 2.67 bits per heavy atom. The zero-order chi connectivity index (χ0) is 17.9. The Hall–Kier alpha value is -1.31. The second-order valence-corrected chi connectivity index (χ2v) is 9.18. The summed E-state index contributed by atoms with van der Waals surface area (Å²) in [6.07, 6.45) is 2.15. The summed E-state index contributed by atoms with van der Waals surface area (Å²) in [6, 6.07) is 5.19. The number of benzene rings is 1. The highest BCUT2D eigenvalue weighted by Crippen LogP contribution is 2.28. The molecule has 1 heterocycles. The van der Waals surface area contributed by atoms with E-state index in [1.807, 2.05) is 13.0 Å². The molecule has 0 atom stereocenters. The van der Waals surface area contributed by atoms with Gasteiger partial charge in [-0.3, -0.25) is 0 Å². The number of nitrogens with zero attached hydrogens (tertiary/aromatic N) is 3. The van der Waals surface area contributed by atoms with Gasteiger partial charge in [0.25, 0.3) is 0 Å². The number of hydrogen-bond acceptors (Lipinski definition) is 4. The second kappa shape index (κ2) is 7.72. The molecular weight excluding hydrogens is 342 g/mol. The van der Waals surface area contributed by atoms with Crippen LogP contribution in [0.5, 0.6) is 0 Å². The Morgan fingerprint density at radius 1 is 1.38 bits per heavy atom. The van der Waals surface area contributed by atoms with Crippen LogP contribution < -0.4 is 0 Å². The van der Waals surface area contributed by atoms with E-state index in [0.29, 0.717) is 0 Å². The SMILES string of the molecule is C=C(C)CSc1nc2cc(S(=O)(=O)N(C)C)ccc2n1CCCC. The Labute approximate surface area is 148 Å². The van der Waals surface area contributed by atoms with Crippen LogP contribution in [0.4, 0.5) is 0 Å². The minimum atomic E-state index is -3.45. The molecule has 2 aromatic rings. The van der Waals surface area contributed by atoms with E-state index >= 15 is 0 Å². The lowest BCUT2D eigenvalue weighted by Gasteiger charge is -2.11. The van der Waals surface area contributed by atoms with E-state index in [0.717, 1.165) is 46.9 Å². The quantitative estimate of drug-likeness (QED) is 0.527. The van der Waals surface area contributed by atoms with Crippen molar-refractivity contribution in [3.8, 4) is 0 Å². The largest absolute Gasteiger partial charge is 0.319 e. The summed E-state index contributed by atoms with van der Waals surface area (Å²) >= 11 is 1.64. The van der Waals surface area contributed by atoms with Crippen LogP contribution in [-0.2, 0) is 16.6 Å². The molecule has 0 aliphatic carbocycles. The fraction of sp³-hybridized carbons (Fsp3) is 0.471. The molecule has 0 spiro atoms. The summed E-state index contributed by atoms with van der Waals surface area (Å²) in [5, 5.41) is 0.917. The van der Waals surface area contributed by atoms with Crippen molar-refractivity contribution >= 4 is 32.8 Å². The first kappa shape index (κ1) is 19.0. The minimum Gasteiger partial charge on any atom is -0.319 e. The van der Waals surface area contributed by atoms with Crippen LogP contribution in [-0.4, -0.2) is 42.1 Å². The molecule has 132 valence electrons. The summed E-state index contributed by atoms with van der Waals surface area (Å²) in [4.78, 5) is 4.95. The van der Waals surface area contributed by atoms with Crippen LogP contribution in [0.1, 0.15) is 26.7 Å². The van der Waals surface area contributed by atoms with Gasteiger partial charge in [0.15, 0.2) is 5.16 Å². The van der Waals surface area contributed by atoms with Gasteiger partial charge >= 0.3 is 0 Å². The number of fused-ring (bicyclic) bond motifs is 1. The fourth-order valence-electron chi connectivity index (χ4n) is 2.29.